The summed E-state index contributed by atoms with van der Waals surface area (Å²) in [6.45, 7) is 4.38. The average Bonchev–Trinajstić information content (AvgIpc) is 3.27. The zero-order valence-electron chi connectivity index (χ0n) is 16.7. The Balaban J connectivity index is 1.79. The van der Waals surface area contributed by atoms with Crippen LogP contribution in [0.4, 0.5) is 0 Å². The number of nitrogens with one attached hydrogen (secondary N) is 1. The fraction of sp³-hybridized carbons (Fsp3) is 0.292. The van der Waals surface area contributed by atoms with Crippen molar-refractivity contribution < 1.29 is 9.21 Å². The molecule has 1 amide bonds. The van der Waals surface area contributed by atoms with Gasteiger partial charge >= 0.3 is 0 Å². The third-order valence-electron chi connectivity index (χ3n) is 4.81. The molecule has 0 saturated carbocycles. The minimum atomic E-state index is -0.607. The van der Waals surface area contributed by atoms with Crippen LogP contribution in [0.3, 0.4) is 0 Å². The van der Waals surface area contributed by atoms with E-state index in [0.29, 0.717) is 11.8 Å². The molecule has 5 heteroatoms. The third kappa shape index (κ3) is 5.32. The van der Waals surface area contributed by atoms with Crippen LogP contribution in [0.1, 0.15) is 43.6 Å². The van der Waals surface area contributed by atoms with Gasteiger partial charge in [-0.25, -0.2) is 4.98 Å². The highest BCUT2D eigenvalue weighted by Gasteiger charge is 2.24. The molecule has 0 bridgehead atoms. The molecule has 1 aromatic heterocycles. The van der Waals surface area contributed by atoms with Crippen LogP contribution in [-0.2, 0) is 4.79 Å². The molecular formula is C24H25N3O2. The van der Waals surface area contributed by atoms with E-state index in [9.17, 15) is 10.1 Å². The molecule has 3 aromatic rings. The number of oxazole rings is 1. The van der Waals surface area contributed by atoms with E-state index in [1.165, 1.54) is 12.5 Å². The van der Waals surface area contributed by atoms with Gasteiger partial charge in [-0.05, 0) is 29.0 Å². The quantitative estimate of drug-likeness (QED) is 0.596. The van der Waals surface area contributed by atoms with Crippen molar-refractivity contribution in [2.45, 2.75) is 32.1 Å². The highest BCUT2D eigenvalue weighted by Crippen LogP contribution is 2.28. The molecule has 1 heterocycles. The van der Waals surface area contributed by atoms with Gasteiger partial charge in [-0.3, -0.25) is 4.79 Å². The van der Waals surface area contributed by atoms with E-state index >= 15 is 0 Å². The molecule has 0 fully saturated rings. The Morgan fingerprint density at radius 2 is 1.90 bits per heavy atom. The lowest BCUT2D eigenvalue weighted by Crippen LogP contribution is -2.33. The van der Waals surface area contributed by atoms with E-state index in [4.69, 9.17) is 4.42 Å². The predicted molar refractivity (Wildman–Crippen MR) is 112 cm³/mol. The second kappa shape index (κ2) is 9.70. The molecule has 148 valence electrons. The Morgan fingerprint density at radius 1 is 1.14 bits per heavy atom. The smallest absolute Gasteiger partial charge is 0.227 e. The summed E-state index contributed by atoms with van der Waals surface area (Å²) in [5.41, 5.74) is 3.17. The number of amides is 1. The molecule has 0 radical (unpaired) electrons. The number of carbonyl (C=O) groups excluding carboxylic acids is 1. The van der Waals surface area contributed by atoms with Crippen molar-refractivity contribution in [3.63, 3.8) is 0 Å². The largest absolute Gasteiger partial charge is 0.447 e. The summed E-state index contributed by atoms with van der Waals surface area (Å²) in [6, 6.07) is 20.4. The van der Waals surface area contributed by atoms with Crippen LogP contribution in [0.25, 0.3) is 11.1 Å². The van der Waals surface area contributed by atoms with Gasteiger partial charge in [0.2, 0.25) is 11.8 Å². The van der Waals surface area contributed by atoms with Gasteiger partial charge in [0.25, 0.3) is 0 Å². The number of rotatable bonds is 8. The highest BCUT2D eigenvalue weighted by molar-refractivity contribution is 5.84. The van der Waals surface area contributed by atoms with E-state index in [-0.39, 0.29) is 18.4 Å². The van der Waals surface area contributed by atoms with Crippen molar-refractivity contribution in [2.24, 2.45) is 5.92 Å². The fourth-order valence-corrected chi connectivity index (χ4v) is 3.35. The van der Waals surface area contributed by atoms with Crippen molar-refractivity contribution in [3.8, 4) is 17.2 Å². The first-order chi connectivity index (χ1) is 14.1. The van der Waals surface area contributed by atoms with Gasteiger partial charge in [-0.2, -0.15) is 5.26 Å². The first kappa shape index (κ1) is 20.3. The van der Waals surface area contributed by atoms with E-state index in [1.54, 1.807) is 0 Å². The topological polar surface area (TPSA) is 78.9 Å². The molecule has 0 aliphatic heterocycles. The van der Waals surface area contributed by atoms with Crippen LogP contribution in [-0.4, -0.2) is 17.4 Å². The van der Waals surface area contributed by atoms with Gasteiger partial charge in [0.1, 0.15) is 12.2 Å². The number of aromatic nitrogens is 1. The number of hydrogen-bond donors (Lipinski definition) is 1. The summed E-state index contributed by atoms with van der Waals surface area (Å²) in [5, 5.41) is 12.3. The predicted octanol–water partition coefficient (Wildman–Crippen LogP) is 4.89. The number of benzene rings is 2. The Bertz CT molecular complexity index is 959. The summed E-state index contributed by atoms with van der Waals surface area (Å²) in [7, 11) is 0. The van der Waals surface area contributed by atoms with Crippen LogP contribution in [0.5, 0.6) is 0 Å². The molecule has 0 spiro atoms. The van der Waals surface area contributed by atoms with Gasteiger partial charge in [0, 0.05) is 6.54 Å². The molecule has 2 aromatic carbocycles. The van der Waals surface area contributed by atoms with Gasteiger partial charge in [-0.1, -0.05) is 68.4 Å². The summed E-state index contributed by atoms with van der Waals surface area (Å²) in [5.74, 6) is -0.313. The van der Waals surface area contributed by atoms with Crippen molar-refractivity contribution >= 4 is 5.91 Å². The second-order valence-electron chi connectivity index (χ2n) is 7.47. The van der Waals surface area contributed by atoms with E-state index in [2.05, 4.69) is 54.5 Å². The lowest BCUT2D eigenvalue weighted by Gasteiger charge is -2.20. The van der Waals surface area contributed by atoms with Crippen LogP contribution in [0, 0.1) is 17.2 Å². The van der Waals surface area contributed by atoms with Crippen LogP contribution >= 0.6 is 0 Å². The van der Waals surface area contributed by atoms with E-state index < -0.39 is 5.92 Å². The average molecular weight is 387 g/mol. The lowest BCUT2D eigenvalue weighted by atomic mass is 9.88. The third-order valence-corrected chi connectivity index (χ3v) is 4.81. The van der Waals surface area contributed by atoms with E-state index in [0.717, 1.165) is 23.1 Å². The molecule has 5 nitrogen and oxygen atoms in total. The van der Waals surface area contributed by atoms with E-state index in [1.807, 2.05) is 30.3 Å². The standard InChI is InChI=1S/C24H25N3O2/c1-17(2)13-22(23(28)27-16-21(15-25)24-26-11-12-29-24)20-10-6-9-19(14-20)18-7-4-3-5-8-18/h3-12,14,17,21-22H,13,16H2,1-2H3,(H,27,28). The summed E-state index contributed by atoms with van der Waals surface area (Å²) >= 11 is 0. The zero-order chi connectivity index (χ0) is 20.6. The van der Waals surface area contributed by atoms with Gasteiger partial charge in [0.05, 0.1) is 18.2 Å². The lowest BCUT2D eigenvalue weighted by molar-refractivity contribution is -0.122. The first-order valence-electron chi connectivity index (χ1n) is 9.80. The van der Waals surface area contributed by atoms with Crippen molar-refractivity contribution in [2.75, 3.05) is 6.54 Å². The maximum Gasteiger partial charge on any atom is 0.227 e. The summed E-state index contributed by atoms with van der Waals surface area (Å²) in [4.78, 5) is 17.1. The Labute approximate surface area is 171 Å². The zero-order valence-corrected chi connectivity index (χ0v) is 16.7. The van der Waals surface area contributed by atoms with Crippen LogP contribution < -0.4 is 5.32 Å². The number of nitrogens with zero attached hydrogens (tertiary/aromatic N) is 2. The summed E-state index contributed by atoms with van der Waals surface area (Å²) in [6.07, 6.45) is 3.65. The van der Waals surface area contributed by atoms with Gasteiger partial charge < -0.3 is 9.73 Å². The maximum absolute atomic E-state index is 13.0. The Morgan fingerprint density at radius 3 is 2.55 bits per heavy atom. The molecule has 1 N–H and O–H groups in total. The van der Waals surface area contributed by atoms with Crippen molar-refractivity contribution in [1.82, 2.24) is 10.3 Å². The minimum absolute atomic E-state index is 0.0873. The molecule has 3 rings (SSSR count). The molecular weight excluding hydrogens is 362 g/mol. The maximum atomic E-state index is 13.0. The highest BCUT2D eigenvalue weighted by atomic mass is 16.3. The van der Waals surface area contributed by atoms with Gasteiger partial charge in [-0.15, -0.1) is 0 Å². The minimum Gasteiger partial charge on any atom is -0.447 e. The Hall–Kier alpha value is -3.39. The molecule has 2 atom stereocenters. The number of carbonyl (C=O) groups is 1. The molecule has 0 aliphatic rings. The fourth-order valence-electron chi connectivity index (χ4n) is 3.35. The van der Waals surface area contributed by atoms with Crippen molar-refractivity contribution in [3.05, 3.63) is 78.5 Å². The first-order valence-corrected chi connectivity index (χ1v) is 9.80. The second-order valence-corrected chi connectivity index (χ2v) is 7.47. The molecule has 29 heavy (non-hydrogen) atoms. The number of nitriles is 1. The van der Waals surface area contributed by atoms with Gasteiger partial charge in [0.15, 0.2) is 0 Å². The number of hydrogen-bond acceptors (Lipinski definition) is 4. The summed E-state index contributed by atoms with van der Waals surface area (Å²) < 4.78 is 5.21. The van der Waals surface area contributed by atoms with Crippen molar-refractivity contribution in [1.29, 1.82) is 5.26 Å². The van der Waals surface area contributed by atoms with Crippen LogP contribution in [0.15, 0.2) is 71.5 Å². The molecule has 0 aliphatic carbocycles. The SMILES string of the molecule is CC(C)CC(C(=O)NCC(C#N)c1ncco1)c1cccc(-c2ccccc2)c1. The molecule has 2 unspecified atom stereocenters. The van der Waals surface area contributed by atoms with Crippen LogP contribution in [0.2, 0.25) is 0 Å². The Kier molecular flexibility index (Phi) is 6.80. The molecule has 0 saturated heterocycles. The normalized spacial score (nSPS) is 12.9. The monoisotopic (exact) mass is 387 g/mol.